The predicted octanol–water partition coefficient (Wildman–Crippen LogP) is 6.87. The Morgan fingerprint density at radius 2 is 2.08 bits per heavy atom. The Balaban J connectivity index is 1.59. The highest BCUT2D eigenvalue weighted by Gasteiger charge is 2.31. The molecule has 0 bridgehead atoms. The molecule has 0 aliphatic heterocycles. The third-order valence-corrected chi connectivity index (χ3v) is 7.14. The highest BCUT2D eigenvalue weighted by atomic mass is 32.1. The van der Waals surface area contributed by atoms with Crippen molar-refractivity contribution in [3.8, 4) is 17.4 Å². The molecule has 0 saturated carbocycles. The molecule has 4 rings (SSSR count). The van der Waals surface area contributed by atoms with Crippen molar-refractivity contribution in [3.05, 3.63) is 69.3 Å². The van der Waals surface area contributed by atoms with Gasteiger partial charge in [0.2, 0.25) is 0 Å². The number of nitrogens with one attached hydrogen (secondary N) is 1. The van der Waals surface area contributed by atoms with Crippen LogP contribution in [0.2, 0.25) is 0 Å². The Morgan fingerprint density at radius 3 is 2.78 bits per heavy atom. The Labute approximate surface area is 215 Å². The zero-order valence-electron chi connectivity index (χ0n) is 20.1. The zero-order valence-corrected chi connectivity index (χ0v) is 20.9. The first-order valence-electron chi connectivity index (χ1n) is 11.6. The van der Waals surface area contributed by atoms with E-state index in [1.807, 2.05) is 6.07 Å². The van der Waals surface area contributed by atoms with Crippen LogP contribution >= 0.6 is 11.3 Å². The van der Waals surface area contributed by atoms with Gasteiger partial charge in [-0.1, -0.05) is 19.1 Å². The lowest BCUT2D eigenvalue weighted by atomic mass is 9.88. The van der Waals surface area contributed by atoms with Gasteiger partial charge in [-0.3, -0.25) is 4.79 Å². The van der Waals surface area contributed by atoms with Crippen LogP contribution in [0.1, 0.15) is 52.4 Å². The first-order valence-corrected chi connectivity index (χ1v) is 12.4. The number of hydrogen-bond acceptors (Lipinski definition) is 6. The fourth-order valence-corrected chi connectivity index (χ4v) is 5.55. The summed E-state index contributed by atoms with van der Waals surface area (Å²) in [5.74, 6) is -0.547. The van der Waals surface area contributed by atoms with Crippen molar-refractivity contribution in [2.75, 3.05) is 11.9 Å². The van der Waals surface area contributed by atoms with Gasteiger partial charge in [0.05, 0.1) is 17.7 Å². The lowest BCUT2D eigenvalue weighted by molar-refractivity contribution is -0.137. The molecule has 192 valence electrons. The quantitative estimate of drug-likeness (QED) is 0.214. The van der Waals surface area contributed by atoms with Crippen LogP contribution in [-0.2, 0) is 28.5 Å². The SMILES string of the molecule is CCOC(=O)c1c(NC(=O)/C(C#N)=C\c2ccc(-c3cccc(C(F)(F)F)c3)o2)sc2c1CC[C@@H](C)C2. The molecule has 37 heavy (non-hydrogen) atoms. The van der Waals surface area contributed by atoms with E-state index in [-0.39, 0.29) is 29.3 Å². The van der Waals surface area contributed by atoms with E-state index in [9.17, 15) is 28.0 Å². The van der Waals surface area contributed by atoms with Crippen LogP contribution in [0.5, 0.6) is 0 Å². The third-order valence-electron chi connectivity index (χ3n) is 5.97. The molecule has 1 amide bonds. The fourth-order valence-electron chi connectivity index (χ4n) is 4.15. The summed E-state index contributed by atoms with van der Waals surface area (Å²) in [7, 11) is 0. The molecular weight excluding hydrogens is 505 g/mol. The van der Waals surface area contributed by atoms with Gasteiger partial charge in [0, 0.05) is 16.5 Å². The van der Waals surface area contributed by atoms with E-state index in [0.717, 1.165) is 35.4 Å². The van der Waals surface area contributed by atoms with Gasteiger partial charge < -0.3 is 14.5 Å². The van der Waals surface area contributed by atoms with Crippen LogP contribution in [0.15, 0.2) is 46.4 Å². The van der Waals surface area contributed by atoms with Gasteiger partial charge >= 0.3 is 12.1 Å². The second-order valence-electron chi connectivity index (χ2n) is 8.68. The summed E-state index contributed by atoms with van der Waals surface area (Å²) >= 11 is 1.30. The predicted molar refractivity (Wildman–Crippen MR) is 133 cm³/mol. The number of anilines is 1. The van der Waals surface area contributed by atoms with Gasteiger partial charge in [-0.15, -0.1) is 11.3 Å². The molecule has 0 radical (unpaired) electrons. The number of thiophene rings is 1. The molecule has 1 N–H and O–H groups in total. The highest BCUT2D eigenvalue weighted by Crippen LogP contribution is 2.40. The van der Waals surface area contributed by atoms with Crippen molar-refractivity contribution in [2.45, 2.75) is 39.3 Å². The minimum Gasteiger partial charge on any atom is -0.462 e. The summed E-state index contributed by atoms with van der Waals surface area (Å²) < 4.78 is 49.9. The minimum absolute atomic E-state index is 0.115. The number of furan rings is 1. The Morgan fingerprint density at radius 1 is 1.30 bits per heavy atom. The molecule has 2 heterocycles. The van der Waals surface area contributed by atoms with E-state index in [2.05, 4.69) is 12.2 Å². The molecule has 0 unspecified atom stereocenters. The van der Waals surface area contributed by atoms with E-state index in [0.29, 0.717) is 22.9 Å². The highest BCUT2D eigenvalue weighted by molar-refractivity contribution is 7.17. The summed E-state index contributed by atoms with van der Waals surface area (Å²) in [5, 5.41) is 12.6. The lowest BCUT2D eigenvalue weighted by Gasteiger charge is -2.18. The average Bonchev–Trinajstić information content (AvgIpc) is 3.46. The molecular formula is C27H23F3N2O4S. The van der Waals surface area contributed by atoms with Gasteiger partial charge in [0.1, 0.15) is 28.2 Å². The zero-order chi connectivity index (χ0) is 26.7. The Bertz CT molecular complexity index is 1410. The Kier molecular flexibility index (Phi) is 7.55. The number of esters is 1. The van der Waals surface area contributed by atoms with E-state index in [4.69, 9.17) is 9.15 Å². The summed E-state index contributed by atoms with van der Waals surface area (Å²) in [6, 6.07) is 9.39. The number of alkyl halides is 3. The average molecular weight is 529 g/mol. The van der Waals surface area contributed by atoms with Gasteiger partial charge in [0.25, 0.3) is 5.91 Å². The summed E-state index contributed by atoms with van der Waals surface area (Å²) in [5.41, 5.74) is 0.288. The van der Waals surface area contributed by atoms with Crippen molar-refractivity contribution in [3.63, 3.8) is 0 Å². The standard InChI is InChI=1S/C27H23F3N2O4S/c1-3-35-26(34)23-20-9-7-15(2)11-22(20)37-25(23)32-24(33)17(14-31)13-19-8-10-21(36-19)16-5-4-6-18(12-16)27(28,29)30/h4-6,8,10,12-13,15H,3,7,9,11H2,1-2H3,(H,32,33)/b17-13-/t15-/m1/s1. The largest absolute Gasteiger partial charge is 0.462 e. The van der Waals surface area contributed by atoms with Crippen LogP contribution in [-0.4, -0.2) is 18.5 Å². The number of benzene rings is 1. The van der Waals surface area contributed by atoms with Crippen LogP contribution < -0.4 is 5.32 Å². The van der Waals surface area contributed by atoms with Gasteiger partial charge in [0.15, 0.2) is 0 Å². The molecule has 1 aliphatic carbocycles. The van der Waals surface area contributed by atoms with Crippen molar-refractivity contribution in [1.82, 2.24) is 0 Å². The van der Waals surface area contributed by atoms with Crippen molar-refractivity contribution in [2.24, 2.45) is 5.92 Å². The smallest absolute Gasteiger partial charge is 0.416 e. The van der Waals surface area contributed by atoms with E-state index >= 15 is 0 Å². The normalized spacial score (nSPS) is 15.6. The maximum Gasteiger partial charge on any atom is 0.416 e. The monoisotopic (exact) mass is 528 g/mol. The molecule has 6 nitrogen and oxygen atoms in total. The first-order chi connectivity index (χ1) is 17.6. The van der Waals surface area contributed by atoms with Crippen molar-refractivity contribution >= 4 is 34.3 Å². The molecule has 1 atom stereocenters. The number of fused-ring (bicyclic) bond motifs is 1. The number of carbonyl (C=O) groups excluding carboxylic acids is 2. The maximum atomic E-state index is 13.0. The topological polar surface area (TPSA) is 92.3 Å². The molecule has 10 heteroatoms. The number of nitriles is 1. The van der Waals surface area contributed by atoms with Gasteiger partial charge in [-0.05, 0) is 61.9 Å². The molecule has 1 aliphatic rings. The number of carbonyl (C=O) groups is 2. The van der Waals surface area contributed by atoms with Gasteiger partial charge in [-0.2, -0.15) is 18.4 Å². The van der Waals surface area contributed by atoms with Gasteiger partial charge in [-0.25, -0.2) is 4.79 Å². The summed E-state index contributed by atoms with van der Waals surface area (Å²) in [6.07, 6.45) is -0.902. The number of hydrogen-bond donors (Lipinski definition) is 1. The van der Waals surface area contributed by atoms with E-state index in [1.165, 1.54) is 41.7 Å². The second kappa shape index (κ2) is 10.6. The molecule has 0 fully saturated rings. The number of rotatable bonds is 6. The number of amides is 1. The van der Waals surface area contributed by atoms with Crippen molar-refractivity contribution < 1.29 is 31.9 Å². The van der Waals surface area contributed by atoms with Crippen LogP contribution in [0, 0.1) is 17.2 Å². The maximum absolute atomic E-state index is 13.0. The summed E-state index contributed by atoms with van der Waals surface area (Å²) in [4.78, 5) is 26.7. The van der Waals surface area contributed by atoms with E-state index < -0.39 is 23.6 Å². The molecule has 0 saturated heterocycles. The fraction of sp³-hybridized carbons (Fsp3) is 0.296. The third kappa shape index (κ3) is 5.78. The summed E-state index contributed by atoms with van der Waals surface area (Å²) in [6.45, 7) is 4.01. The molecule has 2 aromatic heterocycles. The lowest BCUT2D eigenvalue weighted by Crippen LogP contribution is -2.17. The number of halogens is 3. The van der Waals surface area contributed by atoms with E-state index in [1.54, 1.807) is 6.92 Å². The molecule has 1 aromatic carbocycles. The Hall–Kier alpha value is -3.84. The molecule has 3 aromatic rings. The van der Waals surface area contributed by atoms with Crippen LogP contribution in [0.25, 0.3) is 17.4 Å². The number of ether oxygens (including phenoxy) is 1. The molecule has 0 spiro atoms. The minimum atomic E-state index is -4.50. The number of nitrogens with zero attached hydrogens (tertiary/aromatic N) is 1. The first kappa shape index (κ1) is 26.2. The van der Waals surface area contributed by atoms with Crippen LogP contribution in [0.4, 0.5) is 18.2 Å². The van der Waals surface area contributed by atoms with Crippen LogP contribution in [0.3, 0.4) is 0 Å². The second-order valence-corrected chi connectivity index (χ2v) is 9.79. The van der Waals surface area contributed by atoms with Crippen molar-refractivity contribution in [1.29, 1.82) is 5.26 Å².